The molecule has 0 saturated carbocycles. The maximum atomic E-state index is 11.5. The first-order chi connectivity index (χ1) is 11.2. The lowest BCUT2D eigenvalue weighted by Crippen LogP contribution is -2.54. The summed E-state index contributed by atoms with van der Waals surface area (Å²) in [5, 5.41) is 9.44. The van der Waals surface area contributed by atoms with Gasteiger partial charge in [-0.15, -0.1) is 0 Å². The van der Waals surface area contributed by atoms with Gasteiger partial charge in [-0.05, 0) is 43.9 Å². The van der Waals surface area contributed by atoms with Crippen LogP contribution in [-0.4, -0.2) is 41.5 Å². The predicted molar refractivity (Wildman–Crippen MR) is 91.5 cm³/mol. The largest absolute Gasteiger partial charge is 0.395 e. The molecular formula is C20H23NO2. The van der Waals surface area contributed by atoms with Crippen LogP contribution in [0.2, 0.25) is 0 Å². The summed E-state index contributed by atoms with van der Waals surface area (Å²) in [4.78, 5) is 13.9. The van der Waals surface area contributed by atoms with Crippen molar-refractivity contribution in [2.24, 2.45) is 11.8 Å². The SMILES string of the molecule is CC(=O)/C=C(/C#C[C@H]1CN2CC[C@H]1C[C@@H]2CO)c1ccccc1. The first kappa shape index (κ1) is 16.0. The second kappa shape index (κ2) is 7.12. The topological polar surface area (TPSA) is 40.5 Å². The van der Waals surface area contributed by atoms with E-state index in [1.54, 1.807) is 13.0 Å². The van der Waals surface area contributed by atoms with E-state index >= 15 is 0 Å². The van der Waals surface area contributed by atoms with Gasteiger partial charge in [0.25, 0.3) is 0 Å². The summed E-state index contributed by atoms with van der Waals surface area (Å²) in [6.45, 7) is 3.81. The molecule has 0 aromatic heterocycles. The Kier molecular flexibility index (Phi) is 4.95. The number of fused-ring (bicyclic) bond motifs is 3. The minimum absolute atomic E-state index is 0.0208. The predicted octanol–water partition coefficient (Wildman–Crippen LogP) is 2.37. The molecule has 2 bridgehead atoms. The summed E-state index contributed by atoms with van der Waals surface area (Å²) in [7, 11) is 0. The van der Waals surface area contributed by atoms with E-state index in [2.05, 4.69) is 16.7 Å². The fraction of sp³-hybridized carbons (Fsp3) is 0.450. The third-order valence-corrected chi connectivity index (χ3v) is 4.91. The highest BCUT2D eigenvalue weighted by Gasteiger charge is 2.38. The Morgan fingerprint density at radius 2 is 2.17 bits per heavy atom. The molecule has 3 aliphatic rings. The molecule has 0 amide bonds. The highest BCUT2D eigenvalue weighted by molar-refractivity contribution is 5.98. The van der Waals surface area contributed by atoms with Crippen LogP contribution in [0, 0.1) is 23.7 Å². The summed E-state index contributed by atoms with van der Waals surface area (Å²) in [6, 6.07) is 10.2. The van der Waals surface area contributed by atoms with Crippen molar-refractivity contribution in [3.8, 4) is 11.8 Å². The van der Waals surface area contributed by atoms with E-state index in [1.165, 1.54) is 0 Å². The molecule has 3 aliphatic heterocycles. The van der Waals surface area contributed by atoms with Crippen molar-refractivity contribution < 1.29 is 9.90 Å². The maximum Gasteiger partial charge on any atom is 0.153 e. The number of nitrogens with zero attached hydrogens (tertiary/aromatic N) is 1. The van der Waals surface area contributed by atoms with Crippen LogP contribution in [0.4, 0.5) is 0 Å². The Hall–Kier alpha value is -1.89. The number of hydrogen-bond acceptors (Lipinski definition) is 3. The van der Waals surface area contributed by atoms with Gasteiger partial charge in [-0.1, -0.05) is 42.2 Å². The van der Waals surface area contributed by atoms with E-state index in [-0.39, 0.29) is 12.4 Å². The molecule has 3 heterocycles. The zero-order valence-corrected chi connectivity index (χ0v) is 13.5. The van der Waals surface area contributed by atoms with Crippen LogP contribution in [-0.2, 0) is 4.79 Å². The molecule has 0 spiro atoms. The monoisotopic (exact) mass is 309 g/mol. The molecule has 1 N–H and O–H groups in total. The number of carbonyl (C=O) groups is 1. The van der Waals surface area contributed by atoms with Crippen molar-refractivity contribution in [1.82, 2.24) is 4.90 Å². The molecule has 3 saturated heterocycles. The van der Waals surface area contributed by atoms with E-state index < -0.39 is 0 Å². The first-order valence-corrected chi connectivity index (χ1v) is 8.31. The van der Waals surface area contributed by atoms with Crippen LogP contribution in [0.3, 0.4) is 0 Å². The number of hydrogen-bond donors (Lipinski definition) is 1. The van der Waals surface area contributed by atoms with Crippen molar-refractivity contribution in [1.29, 1.82) is 0 Å². The van der Waals surface area contributed by atoms with E-state index in [0.717, 1.165) is 37.1 Å². The molecular weight excluding hydrogens is 286 g/mol. The summed E-state index contributed by atoms with van der Waals surface area (Å²) in [5.74, 6) is 7.59. The number of allylic oxidation sites excluding steroid dienone is 2. The van der Waals surface area contributed by atoms with Crippen LogP contribution in [0.25, 0.3) is 5.57 Å². The van der Waals surface area contributed by atoms with Crippen LogP contribution in [0.15, 0.2) is 36.4 Å². The Bertz CT molecular complexity index is 653. The highest BCUT2D eigenvalue weighted by atomic mass is 16.3. The number of ketones is 1. The fourth-order valence-corrected chi connectivity index (χ4v) is 3.67. The molecule has 120 valence electrons. The quantitative estimate of drug-likeness (QED) is 0.688. The normalized spacial score (nSPS) is 29.7. The smallest absolute Gasteiger partial charge is 0.153 e. The lowest BCUT2D eigenvalue weighted by Gasteiger charge is -2.47. The Morgan fingerprint density at radius 3 is 2.78 bits per heavy atom. The second-order valence-corrected chi connectivity index (χ2v) is 6.53. The molecule has 3 fully saturated rings. The highest BCUT2D eigenvalue weighted by Crippen LogP contribution is 2.35. The average Bonchev–Trinajstić information content (AvgIpc) is 2.59. The van der Waals surface area contributed by atoms with Gasteiger partial charge in [-0.3, -0.25) is 9.69 Å². The van der Waals surface area contributed by atoms with Crippen LogP contribution in [0.5, 0.6) is 0 Å². The van der Waals surface area contributed by atoms with Gasteiger partial charge in [0, 0.05) is 24.1 Å². The fourth-order valence-electron chi connectivity index (χ4n) is 3.67. The van der Waals surface area contributed by atoms with Crippen molar-refractivity contribution in [3.63, 3.8) is 0 Å². The number of rotatable bonds is 3. The molecule has 4 atom stereocenters. The van der Waals surface area contributed by atoms with Gasteiger partial charge in [0.2, 0.25) is 0 Å². The van der Waals surface area contributed by atoms with Crippen LogP contribution < -0.4 is 0 Å². The Labute approximate surface area is 138 Å². The lowest BCUT2D eigenvalue weighted by atomic mass is 9.76. The average molecular weight is 309 g/mol. The van der Waals surface area contributed by atoms with Gasteiger partial charge in [0.1, 0.15) is 0 Å². The van der Waals surface area contributed by atoms with E-state index in [4.69, 9.17) is 0 Å². The minimum atomic E-state index is 0.0208. The zero-order valence-electron chi connectivity index (χ0n) is 13.5. The van der Waals surface area contributed by atoms with Crippen molar-refractivity contribution in [3.05, 3.63) is 42.0 Å². The maximum absolute atomic E-state index is 11.5. The number of aliphatic hydroxyl groups is 1. The number of aliphatic hydroxyl groups excluding tert-OH is 1. The van der Waals surface area contributed by atoms with Gasteiger partial charge in [-0.25, -0.2) is 0 Å². The van der Waals surface area contributed by atoms with Gasteiger partial charge in [0.15, 0.2) is 5.78 Å². The molecule has 1 aromatic rings. The van der Waals surface area contributed by atoms with Crippen LogP contribution in [0.1, 0.15) is 25.3 Å². The van der Waals surface area contributed by atoms with Crippen molar-refractivity contribution in [2.75, 3.05) is 19.7 Å². The van der Waals surface area contributed by atoms with E-state index in [1.807, 2.05) is 30.3 Å². The standard InChI is InChI=1S/C20H23NO2/c1-15(23)11-17(16-5-3-2-4-6-16)7-8-19-13-21-10-9-18(19)12-20(21)14-22/h2-6,11,18-20,22H,9-10,12-14H2,1H3/b17-11-/t18-,19-,20+/m0/s1. The van der Waals surface area contributed by atoms with Gasteiger partial charge < -0.3 is 5.11 Å². The van der Waals surface area contributed by atoms with E-state index in [9.17, 15) is 9.90 Å². The van der Waals surface area contributed by atoms with Crippen molar-refractivity contribution in [2.45, 2.75) is 25.8 Å². The summed E-state index contributed by atoms with van der Waals surface area (Å²) < 4.78 is 0. The molecule has 23 heavy (non-hydrogen) atoms. The first-order valence-electron chi connectivity index (χ1n) is 8.31. The summed E-state index contributed by atoms with van der Waals surface area (Å²) in [6.07, 6.45) is 3.82. The lowest BCUT2D eigenvalue weighted by molar-refractivity contribution is -0.112. The van der Waals surface area contributed by atoms with E-state index in [0.29, 0.717) is 17.9 Å². The molecule has 1 aromatic carbocycles. The molecule has 3 heteroatoms. The molecule has 1 unspecified atom stereocenters. The minimum Gasteiger partial charge on any atom is -0.395 e. The van der Waals surface area contributed by atoms with Gasteiger partial charge in [0.05, 0.1) is 6.61 Å². The third kappa shape index (κ3) is 3.72. The zero-order chi connectivity index (χ0) is 16.2. The number of carbonyl (C=O) groups excluding carboxylic acids is 1. The Balaban J connectivity index is 1.80. The number of piperidine rings is 3. The third-order valence-electron chi connectivity index (χ3n) is 4.91. The summed E-state index contributed by atoms with van der Waals surface area (Å²) in [5.41, 5.74) is 1.79. The summed E-state index contributed by atoms with van der Waals surface area (Å²) >= 11 is 0. The van der Waals surface area contributed by atoms with Crippen LogP contribution >= 0.6 is 0 Å². The number of benzene rings is 1. The Morgan fingerprint density at radius 1 is 1.39 bits per heavy atom. The molecule has 0 radical (unpaired) electrons. The van der Waals surface area contributed by atoms with Crippen molar-refractivity contribution >= 4 is 11.4 Å². The molecule has 4 rings (SSSR count). The van der Waals surface area contributed by atoms with Gasteiger partial charge in [-0.2, -0.15) is 0 Å². The molecule has 3 nitrogen and oxygen atoms in total. The second-order valence-electron chi connectivity index (χ2n) is 6.53. The van der Waals surface area contributed by atoms with Gasteiger partial charge >= 0.3 is 0 Å². The molecule has 0 aliphatic carbocycles.